The van der Waals surface area contributed by atoms with Crippen molar-refractivity contribution in [2.45, 2.75) is 48.4 Å². The molecule has 3 rings (SSSR count). The molecular formula is C20H23NO5S2. The van der Waals surface area contributed by atoms with Crippen LogP contribution in [0.1, 0.15) is 25.0 Å². The van der Waals surface area contributed by atoms with Gasteiger partial charge < -0.3 is 0 Å². The second-order valence-electron chi connectivity index (χ2n) is 7.49. The molecule has 150 valence electrons. The van der Waals surface area contributed by atoms with Crippen LogP contribution in [0, 0.1) is 19.8 Å². The van der Waals surface area contributed by atoms with Crippen molar-refractivity contribution in [1.29, 1.82) is 0 Å². The average Bonchev–Trinajstić information content (AvgIpc) is 3.35. The number of sulfone groups is 1. The summed E-state index contributed by atoms with van der Waals surface area (Å²) in [5.41, 5.74) is 1.73. The number of benzene rings is 2. The zero-order valence-corrected chi connectivity index (χ0v) is 17.8. The van der Waals surface area contributed by atoms with Gasteiger partial charge in [0.2, 0.25) is 24.7 Å². The molecule has 0 amide bonds. The van der Waals surface area contributed by atoms with Crippen LogP contribution in [0.25, 0.3) is 0 Å². The van der Waals surface area contributed by atoms with E-state index in [1.165, 1.54) is 24.3 Å². The van der Waals surface area contributed by atoms with Crippen molar-refractivity contribution < 1.29 is 21.6 Å². The largest absolute Gasteiger partial charge is 0.300 e. The lowest BCUT2D eigenvalue weighted by Crippen LogP contribution is -2.35. The van der Waals surface area contributed by atoms with Gasteiger partial charge in [-0.05, 0) is 44.0 Å². The third-order valence-electron chi connectivity index (χ3n) is 5.09. The number of aldehydes is 1. The Morgan fingerprint density at radius 2 is 1.29 bits per heavy atom. The summed E-state index contributed by atoms with van der Waals surface area (Å²) >= 11 is 0. The van der Waals surface area contributed by atoms with E-state index in [9.17, 15) is 21.6 Å². The van der Waals surface area contributed by atoms with Crippen LogP contribution in [0.15, 0.2) is 58.3 Å². The molecule has 0 aliphatic carbocycles. The predicted octanol–water partition coefficient (Wildman–Crippen LogP) is 2.70. The highest BCUT2D eigenvalue weighted by Gasteiger charge is 2.77. The van der Waals surface area contributed by atoms with Gasteiger partial charge in [0.15, 0.2) is 6.29 Å². The van der Waals surface area contributed by atoms with Gasteiger partial charge in [0.1, 0.15) is 0 Å². The van der Waals surface area contributed by atoms with Gasteiger partial charge >= 0.3 is 0 Å². The van der Waals surface area contributed by atoms with Crippen LogP contribution in [-0.2, 0) is 24.7 Å². The molecule has 0 radical (unpaired) electrons. The summed E-state index contributed by atoms with van der Waals surface area (Å²) in [6, 6.07) is 11.2. The monoisotopic (exact) mass is 421 g/mol. The van der Waals surface area contributed by atoms with Gasteiger partial charge in [-0.25, -0.2) is 16.8 Å². The fourth-order valence-corrected chi connectivity index (χ4v) is 8.10. The Labute approximate surface area is 166 Å². The lowest BCUT2D eigenvalue weighted by atomic mass is 10.1. The van der Waals surface area contributed by atoms with Crippen molar-refractivity contribution in [3.8, 4) is 0 Å². The summed E-state index contributed by atoms with van der Waals surface area (Å²) in [7, 11) is -8.43. The summed E-state index contributed by atoms with van der Waals surface area (Å²) in [6.45, 7) is 7.05. The summed E-state index contributed by atoms with van der Waals surface area (Å²) in [5, 5.41) is 0. The van der Waals surface area contributed by atoms with Crippen LogP contribution in [0.2, 0.25) is 0 Å². The van der Waals surface area contributed by atoms with E-state index >= 15 is 0 Å². The maximum Gasteiger partial charge on any atom is 0.245 e. The van der Waals surface area contributed by atoms with E-state index < -0.39 is 30.8 Å². The smallest absolute Gasteiger partial charge is 0.245 e. The first-order valence-corrected chi connectivity index (χ1v) is 11.8. The summed E-state index contributed by atoms with van der Waals surface area (Å²) < 4.78 is 54.1. The Morgan fingerprint density at radius 1 is 0.857 bits per heavy atom. The maximum atomic E-state index is 13.4. The van der Waals surface area contributed by atoms with Gasteiger partial charge in [0, 0.05) is 0 Å². The van der Waals surface area contributed by atoms with Crippen LogP contribution in [0.4, 0.5) is 0 Å². The molecule has 1 unspecified atom stereocenters. The number of hydrogen-bond acceptors (Lipinski definition) is 5. The van der Waals surface area contributed by atoms with Crippen LogP contribution in [0.5, 0.6) is 0 Å². The molecule has 1 heterocycles. The quantitative estimate of drug-likeness (QED) is 0.529. The Morgan fingerprint density at radius 3 is 1.68 bits per heavy atom. The molecule has 1 aliphatic heterocycles. The van der Waals surface area contributed by atoms with E-state index in [-0.39, 0.29) is 22.0 Å². The molecule has 0 N–H and O–H groups in total. The molecule has 1 saturated heterocycles. The van der Waals surface area contributed by atoms with Crippen molar-refractivity contribution in [2.75, 3.05) is 0 Å². The molecule has 0 bridgehead atoms. The van der Waals surface area contributed by atoms with Gasteiger partial charge in [0.05, 0.1) is 15.8 Å². The van der Waals surface area contributed by atoms with Gasteiger partial charge in [-0.3, -0.25) is 4.79 Å². The van der Waals surface area contributed by atoms with E-state index in [1.54, 1.807) is 38.1 Å². The SMILES string of the molecule is Cc1ccc(S(=O)(=O)N2[C@@H](C(C)C)[C@@]2(C=O)S(=O)(=O)c2ccc(C)cc2)cc1. The first-order valence-electron chi connectivity index (χ1n) is 8.89. The third-order valence-corrected chi connectivity index (χ3v) is 9.41. The maximum absolute atomic E-state index is 13.4. The topological polar surface area (TPSA) is 88.4 Å². The predicted molar refractivity (Wildman–Crippen MR) is 106 cm³/mol. The lowest BCUT2D eigenvalue weighted by Gasteiger charge is -2.14. The van der Waals surface area contributed by atoms with Gasteiger partial charge in [-0.15, -0.1) is 0 Å². The molecule has 8 heteroatoms. The molecule has 0 spiro atoms. The van der Waals surface area contributed by atoms with Gasteiger partial charge in [-0.1, -0.05) is 49.2 Å². The highest BCUT2D eigenvalue weighted by Crippen LogP contribution is 2.53. The molecule has 2 aromatic carbocycles. The summed E-state index contributed by atoms with van der Waals surface area (Å²) in [4.78, 5) is 9.90. The molecule has 28 heavy (non-hydrogen) atoms. The van der Waals surface area contributed by atoms with Crippen LogP contribution in [-0.4, -0.2) is 38.3 Å². The van der Waals surface area contributed by atoms with Gasteiger partial charge in [-0.2, -0.15) is 4.31 Å². The van der Waals surface area contributed by atoms with Crippen molar-refractivity contribution in [3.05, 3.63) is 59.7 Å². The Kier molecular flexibility index (Phi) is 5.02. The van der Waals surface area contributed by atoms with E-state index in [0.29, 0.717) is 0 Å². The van der Waals surface area contributed by atoms with Crippen molar-refractivity contribution in [1.82, 2.24) is 4.31 Å². The summed E-state index contributed by atoms with van der Waals surface area (Å²) in [5.74, 6) is -0.370. The minimum absolute atomic E-state index is 0.0356. The standard InChI is InChI=1S/C20H23NO5S2/c1-14(2)19-20(13-22,27(23,24)17-9-5-15(3)6-10-17)21(19)28(25,26)18-11-7-16(4)8-12-18/h5-14,19H,1-4H3/t19-,20+,21?/m0/s1. The molecule has 6 nitrogen and oxygen atoms in total. The zero-order valence-electron chi connectivity index (χ0n) is 16.2. The Balaban J connectivity index is 2.17. The highest BCUT2D eigenvalue weighted by molar-refractivity contribution is 7.96. The zero-order chi connectivity index (χ0) is 20.9. The fourth-order valence-electron chi connectivity index (χ4n) is 3.56. The molecule has 0 saturated carbocycles. The van der Waals surface area contributed by atoms with Crippen molar-refractivity contribution in [3.63, 3.8) is 0 Å². The third kappa shape index (κ3) is 2.91. The number of carbonyl (C=O) groups is 1. The first-order chi connectivity index (χ1) is 13.0. The van der Waals surface area contributed by atoms with Crippen molar-refractivity contribution in [2.24, 2.45) is 5.92 Å². The van der Waals surface area contributed by atoms with E-state index in [2.05, 4.69) is 0 Å². The first kappa shape index (κ1) is 20.7. The second kappa shape index (κ2) is 6.79. The van der Waals surface area contributed by atoms with E-state index in [1.807, 2.05) is 13.8 Å². The van der Waals surface area contributed by atoms with Crippen LogP contribution < -0.4 is 0 Å². The molecule has 1 fully saturated rings. The Hall–Kier alpha value is -2.03. The summed E-state index contributed by atoms with van der Waals surface area (Å²) in [6.07, 6.45) is 0.262. The average molecular weight is 422 g/mol. The number of hydrogen-bond donors (Lipinski definition) is 0. The van der Waals surface area contributed by atoms with Crippen molar-refractivity contribution >= 4 is 26.1 Å². The number of carbonyl (C=O) groups excluding carboxylic acids is 1. The van der Waals surface area contributed by atoms with Gasteiger partial charge in [0.25, 0.3) is 0 Å². The number of aryl methyl sites for hydroxylation is 2. The highest BCUT2D eigenvalue weighted by atomic mass is 32.2. The lowest BCUT2D eigenvalue weighted by molar-refractivity contribution is -0.108. The molecule has 2 aromatic rings. The van der Waals surface area contributed by atoms with E-state index in [0.717, 1.165) is 15.4 Å². The minimum atomic E-state index is -4.26. The number of rotatable bonds is 6. The number of sulfonamides is 1. The van der Waals surface area contributed by atoms with E-state index in [4.69, 9.17) is 0 Å². The Bertz CT molecular complexity index is 1100. The second-order valence-corrected chi connectivity index (χ2v) is 11.4. The fraction of sp³-hybridized carbons (Fsp3) is 0.350. The normalized spacial score (nSPS) is 24.9. The van der Waals surface area contributed by atoms with Crippen LogP contribution in [0.3, 0.4) is 0 Å². The van der Waals surface area contributed by atoms with Crippen LogP contribution >= 0.6 is 0 Å². The molecular weight excluding hydrogens is 398 g/mol. The molecule has 3 atom stereocenters. The minimum Gasteiger partial charge on any atom is -0.300 e. The number of nitrogens with zero attached hydrogens (tertiary/aromatic N) is 1. The molecule has 1 aliphatic rings. The molecule has 0 aromatic heterocycles.